The van der Waals surface area contributed by atoms with Crippen LogP contribution in [0.4, 0.5) is 9.18 Å². The van der Waals surface area contributed by atoms with E-state index in [2.05, 4.69) is 16.7 Å². The van der Waals surface area contributed by atoms with Gasteiger partial charge in [-0.05, 0) is 43.4 Å². The summed E-state index contributed by atoms with van der Waals surface area (Å²) >= 11 is 0. The largest absolute Gasteiger partial charge is 0.354 e. The summed E-state index contributed by atoms with van der Waals surface area (Å²) in [7, 11) is 0. The second kappa shape index (κ2) is 8.14. The number of hydrogen-bond acceptors (Lipinski definition) is 2. The lowest BCUT2D eigenvalue weighted by Crippen LogP contribution is -2.47. The van der Waals surface area contributed by atoms with Gasteiger partial charge in [0.15, 0.2) is 0 Å². The van der Waals surface area contributed by atoms with Crippen LogP contribution in [0.2, 0.25) is 0 Å². The Morgan fingerprint density at radius 1 is 1.40 bits per heavy atom. The highest BCUT2D eigenvalue weighted by Crippen LogP contribution is 2.18. The molecule has 0 aromatic heterocycles. The number of nitrogens with zero attached hydrogens (tertiary/aromatic N) is 1. The summed E-state index contributed by atoms with van der Waals surface area (Å²) in [5.41, 5.74) is 0.819. The summed E-state index contributed by atoms with van der Waals surface area (Å²) in [6.07, 6.45) is 7.22. The molecule has 3 rings (SSSR count). The van der Waals surface area contributed by atoms with Crippen LogP contribution in [0, 0.1) is 11.7 Å². The molecule has 2 atom stereocenters. The van der Waals surface area contributed by atoms with E-state index in [-0.39, 0.29) is 29.7 Å². The summed E-state index contributed by atoms with van der Waals surface area (Å²) in [6.45, 7) is 1.57. The van der Waals surface area contributed by atoms with Crippen molar-refractivity contribution in [3.63, 3.8) is 0 Å². The summed E-state index contributed by atoms with van der Waals surface area (Å²) in [5.74, 6) is -0.249. The number of urea groups is 1. The van der Waals surface area contributed by atoms with Crippen molar-refractivity contribution < 1.29 is 14.0 Å². The number of carbonyl (C=O) groups is 2. The van der Waals surface area contributed by atoms with Gasteiger partial charge < -0.3 is 15.5 Å². The molecule has 0 radical (unpaired) electrons. The summed E-state index contributed by atoms with van der Waals surface area (Å²) in [4.78, 5) is 26.1. The Hall–Kier alpha value is -2.37. The summed E-state index contributed by atoms with van der Waals surface area (Å²) in [6, 6.07) is 6.08. The van der Waals surface area contributed by atoms with E-state index in [1.807, 2.05) is 12.1 Å². The van der Waals surface area contributed by atoms with Gasteiger partial charge in [0, 0.05) is 25.6 Å². The molecule has 1 fully saturated rings. The smallest absolute Gasteiger partial charge is 0.317 e. The quantitative estimate of drug-likeness (QED) is 0.777. The number of hydrogen-bond donors (Lipinski definition) is 2. The normalized spacial score (nSPS) is 21.1. The van der Waals surface area contributed by atoms with Crippen LogP contribution in [-0.4, -0.2) is 42.5 Å². The second-order valence-corrected chi connectivity index (χ2v) is 6.64. The molecule has 6 heteroatoms. The third kappa shape index (κ3) is 4.59. The molecule has 0 unspecified atom stereocenters. The molecule has 5 nitrogen and oxygen atoms in total. The number of carbonyl (C=O) groups excluding carboxylic acids is 2. The molecule has 2 aliphatic rings. The Balaban J connectivity index is 1.64. The average Bonchev–Trinajstić information content (AvgIpc) is 3.05. The number of amides is 3. The van der Waals surface area contributed by atoms with E-state index >= 15 is 0 Å². The highest BCUT2D eigenvalue weighted by molar-refractivity contribution is 5.79. The fraction of sp³-hybridized carbons (Fsp3) is 0.474. The fourth-order valence-electron chi connectivity index (χ4n) is 3.46. The van der Waals surface area contributed by atoms with E-state index in [0.717, 1.165) is 24.8 Å². The van der Waals surface area contributed by atoms with Gasteiger partial charge in [0.05, 0.1) is 6.04 Å². The molecule has 0 spiro atoms. The summed E-state index contributed by atoms with van der Waals surface area (Å²) in [5, 5.41) is 5.79. The third-order valence-corrected chi connectivity index (χ3v) is 4.84. The molecular formula is C19H24FN3O2. The van der Waals surface area contributed by atoms with Crippen LogP contribution < -0.4 is 10.6 Å². The van der Waals surface area contributed by atoms with Crippen molar-refractivity contribution in [2.24, 2.45) is 5.92 Å². The van der Waals surface area contributed by atoms with Crippen molar-refractivity contribution in [3.8, 4) is 0 Å². The van der Waals surface area contributed by atoms with Gasteiger partial charge in [-0.15, -0.1) is 0 Å². The molecule has 0 bridgehead atoms. The van der Waals surface area contributed by atoms with Crippen molar-refractivity contribution in [2.45, 2.75) is 31.7 Å². The predicted molar refractivity (Wildman–Crippen MR) is 93.5 cm³/mol. The van der Waals surface area contributed by atoms with Crippen LogP contribution in [0.25, 0.3) is 0 Å². The number of benzene rings is 1. The zero-order valence-electron chi connectivity index (χ0n) is 14.2. The molecule has 0 saturated carbocycles. The molecule has 1 aliphatic heterocycles. The third-order valence-electron chi connectivity index (χ3n) is 4.84. The van der Waals surface area contributed by atoms with Gasteiger partial charge >= 0.3 is 6.03 Å². The highest BCUT2D eigenvalue weighted by Gasteiger charge is 2.29. The van der Waals surface area contributed by atoms with Crippen LogP contribution in [0.5, 0.6) is 0 Å². The van der Waals surface area contributed by atoms with Crippen molar-refractivity contribution in [3.05, 3.63) is 47.8 Å². The van der Waals surface area contributed by atoms with E-state index in [4.69, 9.17) is 0 Å². The zero-order chi connectivity index (χ0) is 17.6. The van der Waals surface area contributed by atoms with E-state index in [1.54, 1.807) is 11.0 Å². The van der Waals surface area contributed by atoms with Crippen LogP contribution in [-0.2, 0) is 11.2 Å². The van der Waals surface area contributed by atoms with E-state index in [9.17, 15) is 14.0 Å². The average molecular weight is 345 g/mol. The summed E-state index contributed by atoms with van der Waals surface area (Å²) < 4.78 is 13.5. The SMILES string of the molecule is O=C(NC[C@@H](Cc1cccc(F)c1)N1CCNC1=O)[C@H]1CC=CCC1. The molecule has 134 valence electrons. The van der Waals surface area contributed by atoms with Gasteiger partial charge in [0.25, 0.3) is 0 Å². The maximum atomic E-state index is 13.5. The maximum Gasteiger partial charge on any atom is 0.317 e. The van der Waals surface area contributed by atoms with Crippen molar-refractivity contribution in [1.82, 2.24) is 15.5 Å². The second-order valence-electron chi connectivity index (χ2n) is 6.64. The lowest BCUT2D eigenvalue weighted by molar-refractivity contribution is -0.125. The van der Waals surface area contributed by atoms with Gasteiger partial charge in [0.2, 0.25) is 5.91 Å². The monoisotopic (exact) mass is 345 g/mol. The van der Waals surface area contributed by atoms with Crippen molar-refractivity contribution >= 4 is 11.9 Å². The molecule has 1 heterocycles. The first-order valence-electron chi connectivity index (χ1n) is 8.85. The van der Waals surface area contributed by atoms with Crippen LogP contribution in [0.15, 0.2) is 36.4 Å². The molecular weight excluding hydrogens is 321 g/mol. The van der Waals surface area contributed by atoms with E-state index in [0.29, 0.717) is 26.1 Å². The zero-order valence-corrected chi connectivity index (χ0v) is 14.2. The fourth-order valence-corrected chi connectivity index (χ4v) is 3.46. The first kappa shape index (κ1) is 17.5. The topological polar surface area (TPSA) is 61.4 Å². The molecule has 25 heavy (non-hydrogen) atoms. The number of nitrogens with one attached hydrogen (secondary N) is 2. The lowest BCUT2D eigenvalue weighted by Gasteiger charge is -2.28. The number of allylic oxidation sites excluding steroid dienone is 2. The van der Waals surface area contributed by atoms with Gasteiger partial charge in [-0.25, -0.2) is 9.18 Å². The Morgan fingerprint density at radius 3 is 2.96 bits per heavy atom. The number of rotatable bonds is 6. The molecule has 1 aromatic rings. The molecule has 1 aromatic carbocycles. The molecule has 1 saturated heterocycles. The van der Waals surface area contributed by atoms with Crippen molar-refractivity contribution in [2.75, 3.05) is 19.6 Å². The van der Waals surface area contributed by atoms with Gasteiger partial charge in [-0.1, -0.05) is 24.3 Å². The number of halogens is 1. The van der Waals surface area contributed by atoms with Gasteiger partial charge in [-0.3, -0.25) is 4.79 Å². The van der Waals surface area contributed by atoms with E-state index in [1.165, 1.54) is 12.1 Å². The standard InChI is InChI=1S/C19H24FN3O2/c20-16-8-4-5-14(11-16)12-17(23-10-9-21-19(23)25)13-22-18(24)15-6-2-1-3-7-15/h1-2,4-5,8,11,15,17H,3,6-7,9-10,12-13H2,(H,21,25)(H,22,24)/t15-,17+/m0/s1. The van der Waals surface area contributed by atoms with Crippen LogP contribution >= 0.6 is 0 Å². The first-order chi connectivity index (χ1) is 12.1. The van der Waals surface area contributed by atoms with E-state index < -0.39 is 0 Å². The first-order valence-corrected chi connectivity index (χ1v) is 8.85. The van der Waals surface area contributed by atoms with Crippen molar-refractivity contribution in [1.29, 1.82) is 0 Å². The Labute approximate surface area is 147 Å². The van der Waals surface area contributed by atoms with Crippen LogP contribution in [0.1, 0.15) is 24.8 Å². The Morgan fingerprint density at radius 2 is 2.28 bits per heavy atom. The molecule has 3 amide bonds. The Bertz CT molecular complexity index is 662. The maximum absolute atomic E-state index is 13.5. The predicted octanol–water partition coefficient (Wildman–Crippen LogP) is 2.23. The Kier molecular flexibility index (Phi) is 5.68. The lowest BCUT2D eigenvalue weighted by atomic mass is 9.93. The van der Waals surface area contributed by atoms with Crippen LogP contribution in [0.3, 0.4) is 0 Å². The molecule has 2 N–H and O–H groups in total. The minimum absolute atomic E-state index is 0.00669. The highest BCUT2D eigenvalue weighted by atomic mass is 19.1. The molecule has 1 aliphatic carbocycles. The minimum Gasteiger partial charge on any atom is -0.354 e. The minimum atomic E-state index is -0.292. The van der Waals surface area contributed by atoms with Gasteiger partial charge in [0.1, 0.15) is 5.82 Å². The van der Waals surface area contributed by atoms with Gasteiger partial charge in [-0.2, -0.15) is 0 Å².